The molecular weight excluding hydrogens is 378 g/mol. The predicted octanol–water partition coefficient (Wildman–Crippen LogP) is 1.81. The average molecular weight is 409 g/mol. The third kappa shape index (κ3) is 9.58. The third-order valence-electron chi connectivity index (χ3n) is 4.70. The summed E-state index contributed by atoms with van der Waals surface area (Å²) < 4.78 is 13.4. The summed E-state index contributed by atoms with van der Waals surface area (Å²) in [6.07, 6.45) is 8.24. The molecule has 0 radical (unpaired) electrons. The van der Waals surface area contributed by atoms with E-state index in [0.717, 1.165) is 64.6 Å². The normalized spacial score (nSPS) is 17.1. The summed E-state index contributed by atoms with van der Waals surface area (Å²) in [5.41, 5.74) is 1.33. The van der Waals surface area contributed by atoms with Gasteiger partial charge >= 0.3 is 11.9 Å². The van der Waals surface area contributed by atoms with E-state index in [1.54, 1.807) is 0 Å². The first kappa shape index (κ1) is 22.9. The van der Waals surface area contributed by atoms with E-state index in [1.165, 1.54) is 31.5 Å². The van der Waals surface area contributed by atoms with Crippen LogP contribution in [0.4, 0.5) is 0 Å². The van der Waals surface area contributed by atoms with Crippen molar-refractivity contribution >= 4 is 11.9 Å². The first-order chi connectivity index (χ1) is 14.0. The van der Waals surface area contributed by atoms with Crippen LogP contribution in [0.2, 0.25) is 0 Å². The highest BCUT2D eigenvalue weighted by Gasteiger charge is 2.13. The second-order valence-electron chi connectivity index (χ2n) is 7.03. The number of hydrogen-bond donors (Lipinski definition) is 2. The first-order valence-electron chi connectivity index (χ1n) is 10.2. The van der Waals surface area contributed by atoms with Crippen molar-refractivity contribution in [2.24, 2.45) is 0 Å². The molecule has 0 unspecified atom stereocenters. The van der Waals surface area contributed by atoms with Gasteiger partial charge < -0.3 is 24.6 Å². The minimum atomic E-state index is -1.26. The Hall–Kier alpha value is -2.39. The highest BCUT2D eigenvalue weighted by atomic mass is 16.5. The molecule has 9 heteroatoms. The van der Waals surface area contributed by atoms with Gasteiger partial charge in [-0.2, -0.15) is 0 Å². The standard InChI is InChI=1S/C16H27N3O2.C4H4O4/c1-2-9-19-15(6-1)14-16(17-19)21-12-4-3-7-18-8-5-11-20-13-10-18;5-3(6)1-2-4(7)8/h14H,1-13H2;1-2H,(H,5,6)(H,7,8). The number of nitrogens with zero attached hydrogens (tertiary/aromatic N) is 3. The van der Waals surface area contributed by atoms with Gasteiger partial charge in [-0.3, -0.25) is 4.68 Å². The molecule has 0 spiro atoms. The second kappa shape index (κ2) is 12.9. The minimum Gasteiger partial charge on any atom is -0.478 e. The van der Waals surface area contributed by atoms with Crippen LogP contribution in [0.25, 0.3) is 0 Å². The van der Waals surface area contributed by atoms with Gasteiger partial charge in [0.05, 0.1) is 13.2 Å². The number of aliphatic carboxylic acids is 2. The first-order valence-corrected chi connectivity index (χ1v) is 10.2. The zero-order valence-electron chi connectivity index (χ0n) is 16.8. The third-order valence-corrected chi connectivity index (χ3v) is 4.70. The molecule has 0 aliphatic carbocycles. The Labute approximate surface area is 170 Å². The number of aromatic nitrogens is 2. The van der Waals surface area contributed by atoms with Crippen LogP contribution in [-0.4, -0.2) is 76.3 Å². The topological polar surface area (TPSA) is 114 Å². The number of carbonyl (C=O) groups is 2. The van der Waals surface area contributed by atoms with Gasteiger partial charge in [0.2, 0.25) is 5.88 Å². The summed E-state index contributed by atoms with van der Waals surface area (Å²) >= 11 is 0. The van der Waals surface area contributed by atoms with E-state index >= 15 is 0 Å². The van der Waals surface area contributed by atoms with Crippen LogP contribution in [0, 0.1) is 0 Å². The molecule has 9 nitrogen and oxygen atoms in total. The van der Waals surface area contributed by atoms with Crippen LogP contribution >= 0.6 is 0 Å². The van der Waals surface area contributed by atoms with Gasteiger partial charge in [-0.1, -0.05) is 0 Å². The predicted molar refractivity (Wildman–Crippen MR) is 106 cm³/mol. The molecule has 3 heterocycles. The minimum absolute atomic E-state index is 0.558. The van der Waals surface area contributed by atoms with E-state index in [-0.39, 0.29) is 0 Å². The molecule has 1 aromatic rings. The quantitative estimate of drug-likeness (QED) is 0.494. The summed E-state index contributed by atoms with van der Waals surface area (Å²) in [4.78, 5) is 21.6. The number of fused-ring (bicyclic) bond motifs is 1. The van der Waals surface area contributed by atoms with Crippen molar-refractivity contribution in [3.63, 3.8) is 0 Å². The largest absolute Gasteiger partial charge is 0.478 e. The summed E-state index contributed by atoms with van der Waals surface area (Å²) in [5, 5.41) is 20.1. The molecule has 0 bridgehead atoms. The number of carboxylic acids is 2. The lowest BCUT2D eigenvalue weighted by Gasteiger charge is -2.18. The Morgan fingerprint density at radius 2 is 1.86 bits per heavy atom. The zero-order valence-corrected chi connectivity index (χ0v) is 16.8. The summed E-state index contributed by atoms with van der Waals surface area (Å²) in [7, 11) is 0. The van der Waals surface area contributed by atoms with Crippen molar-refractivity contribution in [3.05, 3.63) is 23.9 Å². The molecule has 2 N–H and O–H groups in total. The monoisotopic (exact) mass is 409 g/mol. The number of rotatable bonds is 8. The highest BCUT2D eigenvalue weighted by Crippen LogP contribution is 2.19. The Balaban J connectivity index is 0.000000321. The number of hydrogen-bond acceptors (Lipinski definition) is 6. The van der Waals surface area contributed by atoms with Gasteiger partial charge in [0.1, 0.15) is 0 Å². The van der Waals surface area contributed by atoms with Crippen molar-refractivity contribution in [1.29, 1.82) is 0 Å². The number of unbranched alkanes of at least 4 members (excludes halogenated alkanes) is 1. The van der Waals surface area contributed by atoms with E-state index in [2.05, 4.69) is 20.7 Å². The summed E-state index contributed by atoms with van der Waals surface area (Å²) in [6.45, 7) is 7.05. The van der Waals surface area contributed by atoms with E-state index < -0.39 is 11.9 Å². The molecule has 1 aromatic heterocycles. The molecular formula is C20H31N3O6. The van der Waals surface area contributed by atoms with E-state index in [0.29, 0.717) is 12.2 Å². The molecule has 2 aliphatic rings. The molecule has 3 rings (SSSR count). The highest BCUT2D eigenvalue weighted by molar-refractivity contribution is 5.89. The molecule has 0 atom stereocenters. The Morgan fingerprint density at radius 3 is 2.59 bits per heavy atom. The van der Waals surface area contributed by atoms with Gasteiger partial charge in [0.15, 0.2) is 0 Å². The Kier molecular flexibility index (Phi) is 10.2. The van der Waals surface area contributed by atoms with Crippen molar-refractivity contribution in [2.75, 3.05) is 39.5 Å². The Bertz CT molecular complexity index is 626. The number of ether oxygens (including phenoxy) is 2. The van der Waals surface area contributed by atoms with Crippen LogP contribution in [0.3, 0.4) is 0 Å². The van der Waals surface area contributed by atoms with Crippen LogP contribution in [0.5, 0.6) is 5.88 Å². The molecule has 0 aromatic carbocycles. The average Bonchev–Trinajstić information content (AvgIpc) is 2.93. The van der Waals surface area contributed by atoms with Crippen molar-refractivity contribution < 1.29 is 29.3 Å². The molecule has 2 aliphatic heterocycles. The molecule has 1 saturated heterocycles. The van der Waals surface area contributed by atoms with Gasteiger partial charge in [-0.15, -0.1) is 5.10 Å². The SMILES string of the molecule is O=C(O)C=CC(=O)O.c1c(OCCCCN2CCCOCC2)nn2c1CCCC2. The van der Waals surface area contributed by atoms with E-state index in [4.69, 9.17) is 19.7 Å². The van der Waals surface area contributed by atoms with Gasteiger partial charge in [-0.05, 0) is 45.1 Å². The molecule has 0 amide bonds. The van der Waals surface area contributed by atoms with Crippen LogP contribution < -0.4 is 4.74 Å². The van der Waals surface area contributed by atoms with Crippen molar-refractivity contribution in [1.82, 2.24) is 14.7 Å². The summed E-state index contributed by atoms with van der Waals surface area (Å²) in [5.74, 6) is -1.70. The summed E-state index contributed by atoms with van der Waals surface area (Å²) in [6, 6.07) is 2.12. The van der Waals surface area contributed by atoms with Gasteiger partial charge in [0.25, 0.3) is 0 Å². The molecule has 0 saturated carbocycles. The van der Waals surface area contributed by atoms with Crippen LogP contribution in [0.1, 0.15) is 37.8 Å². The number of aryl methyl sites for hydroxylation is 2. The fourth-order valence-electron chi connectivity index (χ4n) is 3.24. The maximum absolute atomic E-state index is 9.55. The second-order valence-corrected chi connectivity index (χ2v) is 7.03. The van der Waals surface area contributed by atoms with Crippen LogP contribution in [-0.2, 0) is 27.3 Å². The Morgan fingerprint density at radius 1 is 1.07 bits per heavy atom. The van der Waals surface area contributed by atoms with Crippen LogP contribution in [0.15, 0.2) is 18.2 Å². The van der Waals surface area contributed by atoms with E-state index in [1.807, 2.05) is 0 Å². The lowest BCUT2D eigenvalue weighted by Crippen LogP contribution is -2.27. The molecule has 29 heavy (non-hydrogen) atoms. The van der Waals surface area contributed by atoms with Crippen molar-refractivity contribution in [3.8, 4) is 5.88 Å². The molecule has 1 fully saturated rings. The maximum atomic E-state index is 9.55. The van der Waals surface area contributed by atoms with Gasteiger partial charge in [-0.25, -0.2) is 9.59 Å². The van der Waals surface area contributed by atoms with Gasteiger partial charge in [0, 0.05) is 50.2 Å². The lowest BCUT2D eigenvalue weighted by molar-refractivity contribution is -0.134. The molecule has 162 valence electrons. The fourth-order valence-corrected chi connectivity index (χ4v) is 3.24. The zero-order chi connectivity index (χ0) is 20.9. The van der Waals surface area contributed by atoms with Crippen molar-refractivity contribution in [2.45, 2.75) is 45.1 Å². The number of carboxylic acid groups (broad SMARTS) is 2. The fraction of sp³-hybridized carbons (Fsp3) is 0.650. The lowest BCUT2D eigenvalue weighted by atomic mass is 10.1. The van der Waals surface area contributed by atoms with E-state index in [9.17, 15) is 9.59 Å². The maximum Gasteiger partial charge on any atom is 0.328 e. The smallest absolute Gasteiger partial charge is 0.328 e.